The molecule has 4 heteroatoms. The molecule has 4 nitrogen and oxygen atoms in total. The zero-order chi connectivity index (χ0) is 13.8. The van der Waals surface area contributed by atoms with Crippen LogP contribution in [-0.2, 0) is 6.54 Å². The molecule has 1 amide bonds. The van der Waals surface area contributed by atoms with Crippen LogP contribution in [0.3, 0.4) is 0 Å². The van der Waals surface area contributed by atoms with Gasteiger partial charge in [0.25, 0.3) is 5.91 Å². The van der Waals surface area contributed by atoms with E-state index in [1.807, 2.05) is 17.0 Å². The van der Waals surface area contributed by atoms with E-state index < -0.39 is 0 Å². The summed E-state index contributed by atoms with van der Waals surface area (Å²) >= 11 is 0. The van der Waals surface area contributed by atoms with E-state index in [4.69, 9.17) is 8.83 Å². The molecule has 0 aromatic carbocycles. The number of furan rings is 2. The molecule has 1 aliphatic rings. The highest BCUT2D eigenvalue weighted by molar-refractivity contribution is 5.94. The van der Waals surface area contributed by atoms with Gasteiger partial charge in [-0.25, -0.2) is 0 Å². The Morgan fingerprint density at radius 3 is 2.70 bits per heavy atom. The number of amides is 1. The molecule has 0 radical (unpaired) electrons. The van der Waals surface area contributed by atoms with Crippen LogP contribution >= 0.6 is 0 Å². The van der Waals surface area contributed by atoms with Crippen LogP contribution in [0.25, 0.3) is 0 Å². The highest BCUT2D eigenvalue weighted by Gasteiger charge is 2.27. The van der Waals surface area contributed by atoms with Gasteiger partial charge in [0.2, 0.25) is 0 Å². The summed E-state index contributed by atoms with van der Waals surface area (Å²) in [6.07, 6.45) is 10.5. The SMILES string of the molecule is O=C(c1ccoc1)N(Cc1ccco1)C1CCCCC1. The van der Waals surface area contributed by atoms with Crippen LogP contribution in [0.15, 0.2) is 45.8 Å². The summed E-state index contributed by atoms with van der Waals surface area (Å²) in [6, 6.07) is 5.80. The fourth-order valence-electron chi connectivity index (χ4n) is 2.88. The van der Waals surface area contributed by atoms with Gasteiger partial charge in [0.1, 0.15) is 12.0 Å². The van der Waals surface area contributed by atoms with E-state index in [0.29, 0.717) is 18.2 Å². The van der Waals surface area contributed by atoms with Crippen molar-refractivity contribution in [2.45, 2.75) is 44.7 Å². The van der Waals surface area contributed by atoms with Crippen molar-refractivity contribution in [2.24, 2.45) is 0 Å². The van der Waals surface area contributed by atoms with Crippen LogP contribution < -0.4 is 0 Å². The van der Waals surface area contributed by atoms with E-state index in [0.717, 1.165) is 18.6 Å². The Morgan fingerprint density at radius 1 is 1.20 bits per heavy atom. The van der Waals surface area contributed by atoms with Crippen LogP contribution in [0.4, 0.5) is 0 Å². The molecular formula is C16H19NO3. The topological polar surface area (TPSA) is 46.6 Å². The fraction of sp³-hybridized carbons (Fsp3) is 0.438. The van der Waals surface area contributed by atoms with Crippen molar-refractivity contribution < 1.29 is 13.6 Å². The van der Waals surface area contributed by atoms with E-state index in [-0.39, 0.29) is 5.91 Å². The van der Waals surface area contributed by atoms with Crippen molar-refractivity contribution in [3.05, 3.63) is 48.3 Å². The third-order valence-electron chi connectivity index (χ3n) is 3.95. The standard InChI is InChI=1S/C16H19NO3/c18-16(13-8-10-19-12-13)17(11-15-7-4-9-20-15)14-5-2-1-3-6-14/h4,7-10,12,14H,1-3,5-6,11H2. The first-order valence-electron chi connectivity index (χ1n) is 7.20. The smallest absolute Gasteiger partial charge is 0.257 e. The largest absolute Gasteiger partial charge is 0.472 e. The van der Waals surface area contributed by atoms with Crippen molar-refractivity contribution in [3.63, 3.8) is 0 Å². The zero-order valence-corrected chi connectivity index (χ0v) is 11.5. The maximum absolute atomic E-state index is 12.7. The van der Waals surface area contributed by atoms with Gasteiger partial charge < -0.3 is 13.7 Å². The first-order valence-corrected chi connectivity index (χ1v) is 7.20. The summed E-state index contributed by atoms with van der Waals surface area (Å²) in [5.74, 6) is 0.856. The molecule has 2 aromatic rings. The van der Waals surface area contributed by atoms with Crippen LogP contribution in [0.1, 0.15) is 48.2 Å². The zero-order valence-electron chi connectivity index (χ0n) is 11.5. The van der Waals surface area contributed by atoms with Crippen molar-refractivity contribution in [3.8, 4) is 0 Å². The molecule has 0 atom stereocenters. The molecule has 1 aliphatic carbocycles. The number of carbonyl (C=O) groups excluding carboxylic acids is 1. The van der Waals surface area contributed by atoms with Crippen LogP contribution in [0.2, 0.25) is 0 Å². The molecule has 0 spiro atoms. The van der Waals surface area contributed by atoms with Gasteiger partial charge in [-0.05, 0) is 31.0 Å². The molecular weight excluding hydrogens is 254 g/mol. The predicted octanol–water partition coefficient (Wildman–Crippen LogP) is 3.85. The van der Waals surface area contributed by atoms with Gasteiger partial charge in [0, 0.05) is 6.04 Å². The number of hydrogen-bond acceptors (Lipinski definition) is 3. The van der Waals surface area contributed by atoms with Crippen LogP contribution in [0, 0.1) is 0 Å². The molecule has 2 heterocycles. The van der Waals surface area contributed by atoms with E-state index in [1.165, 1.54) is 25.5 Å². The Labute approximate surface area is 118 Å². The van der Waals surface area contributed by atoms with Gasteiger partial charge in [-0.15, -0.1) is 0 Å². The predicted molar refractivity (Wildman–Crippen MR) is 74.2 cm³/mol. The number of rotatable bonds is 4. The van der Waals surface area contributed by atoms with Gasteiger partial charge in [-0.1, -0.05) is 19.3 Å². The van der Waals surface area contributed by atoms with Gasteiger partial charge in [0.15, 0.2) is 0 Å². The second-order valence-electron chi connectivity index (χ2n) is 5.32. The maximum Gasteiger partial charge on any atom is 0.257 e. The van der Waals surface area contributed by atoms with E-state index in [2.05, 4.69) is 0 Å². The highest BCUT2D eigenvalue weighted by Crippen LogP contribution is 2.25. The lowest BCUT2D eigenvalue weighted by atomic mass is 9.93. The average Bonchev–Trinajstić information content (AvgIpc) is 3.18. The lowest BCUT2D eigenvalue weighted by molar-refractivity contribution is 0.0596. The Morgan fingerprint density at radius 2 is 2.05 bits per heavy atom. The monoisotopic (exact) mass is 273 g/mol. The first kappa shape index (κ1) is 13.0. The van der Waals surface area contributed by atoms with Crippen molar-refractivity contribution in [2.75, 3.05) is 0 Å². The molecule has 1 fully saturated rings. The number of carbonyl (C=O) groups is 1. The second kappa shape index (κ2) is 5.99. The van der Waals surface area contributed by atoms with E-state index >= 15 is 0 Å². The molecule has 106 valence electrons. The van der Waals surface area contributed by atoms with Crippen LogP contribution in [-0.4, -0.2) is 16.8 Å². The average molecular weight is 273 g/mol. The second-order valence-corrected chi connectivity index (χ2v) is 5.32. The van der Waals surface area contributed by atoms with Crippen molar-refractivity contribution >= 4 is 5.91 Å². The molecule has 0 saturated heterocycles. The van der Waals surface area contributed by atoms with Gasteiger partial charge in [-0.3, -0.25) is 4.79 Å². The quantitative estimate of drug-likeness (QED) is 0.850. The van der Waals surface area contributed by atoms with Gasteiger partial charge in [-0.2, -0.15) is 0 Å². The summed E-state index contributed by atoms with van der Waals surface area (Å²) in [6.45, 7) is 0.529. The number of hydrogen-bond donors (Lipinski definition) is 0. The Balaban J connectivity index is 1.80. The summed E-state index contributed by atoms with van der Waals surface area (Å²) in [5, 5.41) is 0. The molecule has 20 heavy (non-hydrogen) atoms. The number of nitrogens with zero attached hydrogens (tertiary/aromatic N) is 1. The molecule has 2 aromatic heterocycles. The third-order valence-corrected chi connectivity index (χ3v) is 3.95. The van der Waals surface area contributed by atoms with E-state index in [1.54, 1.807) is 18.6 Å². The highest BCUT2D eigenvalue weighted by atomic mass is 16.3. The molecule has 1 saturated carbocycles. The third kappa shape index (κ3) is 2.79. The molecule has 0 aliphatic heterocycles. The summed E-state index contributed by atoms with van der Waals surface area (Å²) < 4.78 is 10.4. The Bertz CT molecular complexity index is 524. The van der Waals surface area contributed by atoms with Crippen molar-refractivity contribution in [1.29, 1.82) is 0 Å². The first-order chi connectivity index (χ1) is 9.84. The molecule has 0 bridgehead atoms. The molecule has 3 rings (SSSR count). The van der Waals surface area contributed by atoms with E-state index in [9.17, 15) is 4.79 Å². The summed E-state index contributed by atoms with van der Waals surface area (Å²) in [4.78, 5) is 14.6. The van der Waals surface area contributed by atoms with Gasteiger partial charge >= 0.3 is 0 Å². The lowest BCUT2D eigenvalue weighted by Crippen LogP contribution is -2.40. The minimum atomic E-state index is 0.0297. The fourth-order valence-corrected chi connectivity index (χ4v) is 2.88. The normalized spacial score (nSPS) is 16.2. The maximum atomic E-state index is 12.7. The summed E-state index contributed by atoms with van der Waals surface area (Å²) in [5.41, 5.74) is 0.613. The van der Waals surface area contributed by atoms with Crippen molar-refractivity contribution in [1.82, 2.24) is 4.90 Å². The Hall–Kier alpha value is -1.97. The minimum Gasteiger partial charge on any atom is -0.472 e. The Kier molecular flexibility index (Phi) is 3.90. The minimum absolute atomic E-state index is 0.0297. The molecule has 0 N–H and O–H groups in total. The summed E-state index contributed by atoms with van der Waals surface area (Å²) in [7, 11) is 0. The lowest BCUT2D eigenvalue weighted by Gasteiger charge is -2.33. The molecule has 0 unspecified atom stereocenters. The van der Waals surface area contributed by atoms with Crippen LogP contribution in [0.5, 0.6) is 0 Å². The van der Waals surface area contributed by atoms with Gasteiger partial charge in [0.05, 0.1) is 24.6 Å².